The predicted octanol–water partition coefficient (Wildman–Crippen LogP) is 0.656. The van der Waals surface area contributed by atoms with Gasteiger partial charge in [0.2, 0.25) is 11.8 Å². The van der Waals surface area contributed by atoms with Crippen molar-refractivity contribution < 1.29 is 9.59 Å². The molecule has 0 aromatic heterocycles. The molecule has 1 aromatic rings. The second-order valence-corrected chi connectivity index (χ2v) is 7.24. The van der Waals surface area contributed by atoms with Crippen molar-refractivity contribution in [3.63, 3.8) is 0 Å². The molecule has 3 fully saturated rings. The molecular formula is C18H23N3O2. The van der Waals surface area contributed by atoms with Crippen LogP contribution in [-0.4, -0.2) is 37.5 Å². The average Bonchev–Trinajstić information content (AvgIpc) is 2.90. The summed E-state index contributed by atoms with van der Waals surface area (Å²) in [7, 11) is 0. The van der Waals surface area contributed by atoms with Crippen molar-refractivity contribution in [2.24, 2.45) is 5.92 Å². The van der Waals surface area contributed by atoms with Gasteiger partial charge in [-0.25, -0.2) is 0 Å². The fourth-order valence-corrected chi connectivity index (χ4v) is 4.28. The zero-order valence-corrected chi connectivity index (χ0v) is 13.4. The highest BCUT2D eigenvalue weighted by Gasteiger charge is 2.57. The summed E-state index contributed by atoms with van der Waals surface area (Å²) in [6.45, 7) is 4.22. The molecule has 0 radical (unpaired) electrons. The maximum Gasteiger partial charge on any atom is 0.227 e. The van der Waals surface area contributed by atoms with E-state index in [2.05, 4.69) is 40.2 Å². The summed E-state index contributed by atoms with van der Waals surface area (Å²) in [6, 6.07) is 8.67. The van der Waals surface area contributed by atoms with Gasteiger partial charge in [-0.05, 0) is 36.4 Å². The van der Waals surface area contributed by atoms with Crippen molar-refractivity contribution in [3.8, 4) is 0 Å². The molecule has 3 N–H and O–H groups in total. The van der Waals surface area contributed by atoms with Crippen LogP contribution < -0.4 is 16.0 Å². The van der Waals surface area contributed by atoms with Gasteiger partial charge in [-0.2, -0.15) is 0 Å². The fourth-order valence-electron chi connectivity index (χ4n) is 4.28. The topological polar surface area (TPSA) is 70.2 Å². The van der Waals surface area contributed by atoms with Crippen LogP contribution >= 0.6 is 0 Å². The van der Waals surface area contributed by atoms with Gasteiger partial charge in [0.05, 0.1) is 5.92 Å². The first-order valence-electron chi connectivity index (χ1n) is 8.44. The van der Waals surface area contributed by atoms with E-state index in [0.717, 1.165) is 31.0 Å². The van der Waals surface area contributed by atoms with E-state index in [1.54, 1.807) is 0 Å². The maximum atomic E-state index is 12.2. The monoisotopic (exact) mass is 313 g/mol. The molecule has 5 nitrogen and oxygen atoms in total. The molecule has 1 saturated carbocycles. The zero-order valence-electron chi connectivity index (χ0n) is 13.4. The molecule has 4 atom stereocenters. The average molecular weight is 313 g/mol. The summed E-state index contributed by atoms with van der Waals surface area (Å²) < 4.78 is 0. The summed E-state index contributed by atoms with van der Waals surface area (Å²) in [5, 5.41) is 9.22. The molecule has 23 heavy (non-hydrogen) atoms. The van der Waals surface area contributed by atoms with E-state index in [-0.39, 0.29) is 23.8 Å². The Morgan fingerprint density at radius 3 is 2.74 bits per heavy atom. The number of fused-ring (bicyclic) bond motifs is 1. The van der Waals surface area contributed by atoms with Gasteiger partial charge in [-0.1, -0.05) is 24.3 Å². The van der Waals surface area contributed by atoms with Crippen LogP contribution in [0.1, 0.15) is 36.8 Å². The summed E-state index contributed by atoms with van der Waals surface area (Å²) in [4.78, 5) is 23.2. The number of carbonyl (C=O) groups excluding carboxylic acids is 2. The molecule has 2 saturated heterocycles. The van der Waals surface area contributed by atoms with Crippen molar-refractivity contribution in [2.75, 3.05) is 19.6 Å². The third kappa shape index (κ3) is 2.53. The van der Waals surface area contributed by atoms with Crippen LogP contribution in [0.3, 0.4) is 0 Å². The van der Waals surface area contributed by atoms with E-state index in [1.807, 2.05) is 0 Å². The fraction of sp³-hybridized carbons (Fsp3) is 0.556. The SMILES string of the molecule is CC(=O)NC[C@@H]1CC(c2ccc(C34CNCC3C4)cc2)C(=O)N1. The Balaban J connectivity index is 1.44. The van der Waals surface area contributed by atoms with Gasteiger partial charge >= 0.3 is 0 Å². The van der Waals surface area contributed by atoms with Crippen molar-refractivity contribution in [3.05, 3.63) is 35.4 Å². The summed E-state index contributed by atoms with van der Waals surface area (Å²) in [5.41, 5.74) is 2.85. The van der Waals surface area contributed by atoms with Gasteiger partial charge in [0.1, 0.15) is 0 Å². The van der Waals surface area contributed by atoms with Gasteiger partial charge in [-0.15, -0.1) is 0 Å². The minimum atomic E-state index is -0.1000. The van der Waals surface area contributed by atoms with Crippen LogP contribution in [0, 0.1) is 5.92 Å². The molecule has 3 aliphatic rings. The minimum absolute atomic E-state index is 0.0292. The first-order valence-corrected chi connectivity index (χ1v) is 8.44. The third-order valence-corrected chi connectivity index (χ3v) is 5.73. The van der Waals surface area contributed by atoms with Gasteiger partial charge in [0.15, 0.2) is 0 Å². The van der Waals surface area contributed by atoms with Gasteiger partial charge in [-0.3, -0.25) is 9.59 Å². The summed E-state index contributed by atoms with van der Waals surface area (Å²) in [6.07, 6.45) is 2.04. The second kappa shape index (κ2) is 5.34. The van der Waals surface area contributed by atoms with E-state index >= 15 is 0 Å². The molecule has 2 amide bonds. The second-order valence-electron chi connectivity index (χ2n) is 7.24. The molecule has 122 valence electrons. The number of hydrogen-bond acceptors (Lipinski definition) is 3. The molecule has 2 heterocycles. The first kappa shape index (κ1) is 14.7. The molecule has 2 aliphatic heterocycles. The zero-order chi connectivity index (χ0) is 16.0. The molecule has 5 heteroatoms. The normalized spacial score (nSPS) is 34.8. The van der Waals surface area contributed by atoms with Crippen molar-refractivity contribution in [2.45, 2.75) is 37.1 Å². The first-order chi connectivity index (χ1) is 11.1. The van der Waals surface area contributed by atoms with Crippen molar-refractivity contribution in [1.29, 1.82) is 0 Å². The smallest absolute Gasteiger partial charge is 0.227 e. The van der Waals surface area contributed by atoms with E-state index in [9.17, 15) is 9.59 Å². The Morgan fingerprint density at radius 1 is 1.35 bits per heavy atom. The highest BCUT2D eigenvalue weighted by Crippen LogP contribution is 2.56. The standard InChI is InChI=1S/C18H23N3O2/c1-11(22)20-9-15-6-16(17(23)21-15)12-2-4-13(5-3-12)18-7-14(18)8-19-10-18/h2-5,14-16,19H,6-10H2,1H3,(H,20,22)(H,21,23)/t14?,15-,16?,18?/m0/s1. The van der Waals surface area contributed by atoms with Crippen LogP contribution in [0.2, 0.25) is 0 Å². The van der Waals surface area contributed by atoms with Crippen LogP contribution in [-0.2, 0) is 15.0 Å². The quantitative estimate of drug-likeness (QED) is 0.765. The maximum absolute atomic E-state index is 12.2. The van der Waals surface area contributed by atoms with Crippen LogP contribution in [0.4, 0.5) is 0 Å². The van der Waals surface area contributed by atoms with Crippen LogP contribution in [0.25, 0.3) is 0 Å². The summed E-state index contributed by atoms with van der Waals surface area (Å²) in [5.74, 6) is 0.704. The Bertz CT molecular complexity index is 642. The number of benzene rings is 1. The molecular weight excluding hydrogens is 290 g/mol. The number of carbonyl (C=O) groups is 2. The van der Waals surface area contributed by atoms with Gasteiger partial charge in [0.25, 0.3) is 0 Å². The lowest BCUT2D eigenvalue weighted by Gasteiger charge is -2.14. The minimum Gasteiger partial charge on any atom is -0.354 e. The molecule has 1 aliphatic carbocycles. The highest BCUT2D eigenvalue weighted by atomic mass is 16.2. The highest BCUT2D eigenvalue weighted by molar-refractivity contribution is 5.86. The molecule has 4 rings (SSSR count). The number of nitrogens with one attached hydrogen (secondary N) is 3. The predicted molar refractivity (Wildman–Crippen MR) is 87.1 cm³/mol. The number of piperidine rings is 1. The molecule has 0 bridgehead atoms. The van der Waals surface area contributed by atoms with E-state index < -0.39 is 0 Å². The van der Waals surface area contributed by atoms with Crippen LogP contribution in [0.5, 0.6) is 0 Å². The number of rotatable bonds is 4. The van der Waals surface area contributed by atoms with Gasteiger partial charge in [0, 0.05) is 31.5 Å². The summed E-state index contributed by atoms with van der Waals surface area (Å²) >= 11 is 0. The van der Waals surface area contributed by atoms with Crippen molar-refractivity contribution in [1.82, 2.24) is 16.0 Å². The van der Waals surface area contributed by atoms with Gasteiger partial charge < -0.3 is 16.0 Å². The Kier molecular flexibility index (Phi) is 3.41. The van der Waals surface area contributed by atoms with E-state index in [1.165, 1.54) is 18.9 Å². The van der Waals surface area contributed by atoms with Crippen molar-refractivity contribution >= 4 is 11.8 Å². The third-order valence-electron chi connectivity index (χ3n) is 5.73. The molecule has 3 unspecified atom stereocenters. The lowest BCUT2D eigenvalue weighted by atomic mass is 9.90. The molecule has 0 spiro atoms. The lowest BCUT2D eigenvalue weighted by Crippen LogP contribution is -2.37. The Morgan fingerprint density at radius 2 is 2.13 bits per heavy atom. The largest absolute Gasteiger partial charge is 0.354 e. The van der Waals surface area contributed by atoms with Crippen LogP contribution in [0.15, 0.2) is 24.3 Å². The Hall–Kier alpha value is -1.88. The lowest BCUT2D eigenvalue weighted by molar-refractivity contribution is -0.121. The Labute approximate surface area is 136 Å². The molecule has 1 aromatic carbocycles. The number of amides is 2. The number of hydrogen-bond donors (Lipinski definition) is 3. The van der Waals surface area contributed by atoms with E-state index in [4.69, 9.17) is 0 Å². The van der Waals surface area contributed by atoms with E-state index in [0.29, 0.717) is 12.0 Å².